The molecule has 6 aliphatic rings. The van der Waals surface area contributed by atoms with Gasteiger partial charge in [0.2, 0.25) is 0 Å². The first-order chi connectivity index (χ1) is 17.0. The van der Waals surface area contributed by atoms with Gasteiger partial charge in [0.05, 0.1) is 11.2 Å². The van der Waals surface area contributed by atoms with Gasteiger partial charge in [-0.1, -0.05) is 31.2 Å². The summed E-state index contributed by atoms with van der Waals surface area (Å²) in [6.45, 7) is 2.59. The lowest BCUT2D eigenvalue weighted by atomic mass is 9.58. The average molecular weight is 467 g/mol. The SMILES string of the molecule is CN(C1CC1)C1CCC2=CC3=CCC4(C)C(c5ccc6ccncc6c5)CCC4C34CCC2(C1)O4. The van der Waals surface area contributed by atoms with Gasteiger partial charge in [0.15, 0.2) is 0 Å². The third-order valence-electron chi connectivity index (χ3n) is 11.4. The van der Waals surface area contributed by atoms with Gasteiger partial charge in [0.25, 0.3) is 0 Å². The number of hydrogen-bond acceptors (Lipinski definition) is 3. The summed E-state index contributed by atoms with van der Waals surface area (Å²) in [4.78, 5) is 7.10. The first-order valence-electron chi connectivity index (χ1n) is 14.2. The number of rotatable bonds is 3. The zero-order chi connectivity index (χ0) is 23.4. The standard InChI is InChI=1S/C32H38N2O/c1-30-13-11-25-18-24-5-6-27(34(2)26-7-8-26)19-31(24)14-15-32(25,35-31)29(30)10-9-28(30)22-4-3-21-12-16-33-20-23(21)17-22/h3-4,11-12,16-18,20,26-29H,5-10,13-15,19H2,1-2H3. The van der Waals surface area contributed by atoms with Crippen molar-refractivity contribution in [1.82, 2.24) is 9.88 Å². The highest BCUT2D eigenvalue weighted by molar-refractivity contribution is 5.82. The molecule has 3 nitrogen and oxygen atoms in total. The Morgan fingerprint density at radius 2 is 1.91 bits per heavy atom. The normalized spacial score (nSPS) is 41.9. The van der Waals surface area contributed by atoms with Crippen LogP contribution in [0.1, 0.15) is 82.6 Å². The van der Waals surface area contributed by atoms with Gasteiger partial charge in [0, 0.05) is 29.9 Å². The Balaban J connectivity index is 1.15. The molecule has 4 aliphatic carbocycles. The van der Waals surface area contributed by atoms with E-state index in [4.69, 9.17) is 4.74 Å². The van der Waals surface area contributed by atoms with Crippen LogP contribution < -0.4 is 0 Å². The van der Waals surface area contributed by atoms with Crippen molar-refractivity contribution in [2.75, 3.05) is 7.05 Å². The van der Waals surface area contributed by atoms with Crippen molar-refractivity contribution in [3.63, 3.8) is 0 Å². The van der Waals surface area contributed by atoms with Gasteiger partial charge in [-0.15, -0.1) is 0 Å². The number of fused-ring (bicyclic) bond motifs is 2. The summed E-state index contributed by atoms with van der Waals surface area (Å²) in [5, 5.41) is 2.57. The van der Waals surface area contributed by atoms with E-state index in [2.05, 4.69) is 60.3 Å². The van der Waals surface area contributed by atoms with E-state index >= 15 is 0 Å². The summed E-state index contributed by atoms with van der Waals surface area (Å²) in [5.74, 6) is 1.21. The Morgan fingerprint density at radius 1 is 1.00 bits per heavy atom. The largest absolute Gasteiger partial charge is 0.359 e. The summed E-state index contributed by atoms with van der Waals surface area (Å²) in [6, 6.07) is 10.8. The molecule has 0 radical (unpaired) electrons. The molecule has 0 N–H and O–H groups in total. The summed E-state index contributed by atoms with van der Waals surface area (Å²) in [6.07, 6.45) is 21.9. The quantitative estimate of drug-likeness (QED) is 0.490. The molecule has 1 aromatic heterocycles. The molecule has 3 heterocycles. The van der Waals surface area contributed by atoms with E-state index in [1.807, 2.05) is 12.4 Å². The first kappa shape index (κ1) is 21.1. The first-order valence-corrected chi connectivity index (χ1v) is 14.2. The van der Waals surface area contributed by atoms with Crippen molar-refractivity contribution < 1.29 is 4.74 Å². The lowest BCUT2D eigenvalue weighted by Crippen LogP contribution is -2.55. The van der Waals surface area contributed by atoms with Crippen LogP contribution in [0.3, 0.4) is 0 Å². The highest BCUT2D eigenvalue weighted by Gasteiger charge is 2.66. The molecule has 3 saturated carbocycles. The molecule has 6 atom stereocenters. The van der Waals surface area contributed by atoms with Crippen LogP contribution in [0.4, 0.5) is 0 Å². The molecule has 2 spiro atoms. The second-order valence-electron chi connectivity index (χ2n) is 13.0. The highest BCUT2D eigenvalue weighted by Crippen LogP contribution is 2.69. The van der Waals surface area contributed by atoms with E-state index in [0.717, 1.165) is 6.04 Å². The Bertz CT molecular complexity index is 1280. The van der Waals surface area contributed by atoms with Crippen LogP contribution >= 0.6 is 0 Å². The van der Waals surface area contributed by atoms with Crippen LogP contribution in [-0.4, -0.2) is 40.2 Å². The summed E-state index contributed by atoms with van der Waals surface area (Å²) < 4.78 is 7.52. The molecule has 6 unspecified atom stereocenters. The summed E-state index contributed by atoms with van der Waals surface area (Å²) in [5.41, 5.74) is 4.89. The topological polar surface area (TPSA) is 25.4 Å². The van der Waals surface area contributed by atoms with Crippen LogP contribution in [-0.2, 0) is 4.74 Å². The summed E-state index contributed by atoms with van der Waals surface area (Å²) in [7, 11) is 2.38. The number of nitrogens with zero attached hydrogens (tertiary/aromatic N) is 2. The molecular formula is C32H38N2O. The number of benzene rings is 1. The lowest BCUT2D eigenvalue weighted by Gasteiger charge is -2.55. The number of allylic oxidation sites excluding steroid dienone is 1. The van der Waals surface area contributed by atoms with Crippen molar-refractivity contribution in [3.8, 4) is 0 Å². The monoisotopic (exact) mass is 466 g/mol. The van der Waals surface area contributed by atoms with Gasteiger partial charge < -0.3 is 9.64 Å². The van der Waals surface area contributed by atoms with Gasteiger partial charge in [-0.3, -0.25) is 4.98 Å². The van der Waals surface area contributed by atoms with E-state index in [0.29, 0.717) is 17.9 Å². The molecular weight excluding hydrogens is 428 g/mol. The van der Waals surface area contributed by atoms with Crippen LogP contribution in [0, 0.1) is 11.3 Å². The van der Waals surface area contributed by atoms with Gasteiger partial charge in [-0.2, -0.15) is 0 Å². The van der Waals surface area contributed by atoms with Crippen molar-refractivity contribution in [3.05, 3.63) is 65.5 Å². The third kappa shape index (κ3) is 2.83. The van der Waals surface area contributed by atoms with E-state index in [-0.39, 0.29) is 16.6 Å². The maximum atomic E-state index is 7.52. The molecule has 0 amide bonds. The molecule has 1 aromatic carbocycles. The van der Waals surface area contributed by atoms with Gasteiger partial charge in [0.1, 0.15) is 0 Å². The molecule has 182 valence electrons. The zero-order valence-corrected chi connectivity index (χ0v) is 21.3. The Morgan fingerprint density at radius 3 is 2.80 bits per heavy atom. The second-order valence-corrected chi connectivity index (χ2v) is 13.0. The van der Waals surface area contributed by atoms with Crippen molar-refractivity contribution >= 4 is 10.8 Å². The predicted octanol–water partition coefficient (Wildman–Crippen LogP) is 6.94. The van der Waals surface area contributed by atoms with E-state index in [1.54, 1.807) is 11.1 Å². The second kappa shape index (κ2) is 7.07. The minimum Gasteiger partial charge on any atom is -0.359 e. The maximum absolute atomic E-state index is 7.52. The lowest BCUT2D eigenvalue weighted by molar-refractivity contribution is -0.140. The Labute approximate surface area is 209 Å². The van der Waals surface area contributed by atoms with Gasteiger partial charge >= 0.3 is 0 Å². The van der Waals surface area contributed by atoms with E-state index in [1.165, 1.54) is 80.5 Å². The fourth-order valence-corrected chi connectivity index (χ4v) is 9.38. The molecule has 35 heavy (non-hydrogen) atoms. The Hall–Kier alpha value is -1.97. The number of aromatic nitrogens is 1. The molecule has 8 rings (SSSR count). The number of pyridine rings is 1. The highest BCUT2D eigenvalue weighted by atomic mass is 16.5. The van der Waals surface area contributed by atoms with Crippen LogP contribution in [0.2, 0.25) is 0 Å². The van der Waals surface area contributed by atoms with Crippen molar-refractivity contribution in [1.29, 1.82) is 0 Å². The molecule has 4 fully saturated rings. The van der Waals surface area contributed by atoms with Crippen molar-refractivity contribution in [2.45, 2.75) is 100 Å². The van der Waals surface area contributed by atoms with Crippen LogP contribution in [0.15, 0.2) is 60.0 Å². The number of ether oxygens (including phenoxy) is 1. The maximum Gasteiger partial charge on any atom is 0.0974 e. The van der Waals surface area contributed by atoms with Crippen LogP contribution in [0.25, 0.3) is 10.8 Å². The number of hydrogen-bond donors (Lipinski definition) is 0. The molecule has 2 aliphatic heterocycles. The minimum absolute atomic E-state index is 0.00830. The molecule has 2 aromatic rings. The fraction of sp³-hybridized carbons (Fsp3) is 0.594. The van der Waals surface area contributed by atoms with Gasteiger partial charge in [-0.25, -0.2) is 0 Å². The molecule has 2 bridgehead atoms. The summed E-state index contributed by atoms with van der Waals surface area (Å²) >= 11 is 0. The van der Waals surface area contributed by atoms with E-state index < -0.39 is 0 Å². The average Bonchev–Trinajstić information content (AvgIpc) is 3.60. The fourth-order valence-electron chi connectivity index (χ4n) is 9.38. The minimum atomic E-state index is -0.0519. The zero-order valence-electron chi connectivity index (χ0n) is 21.3. The van der Waals surface area contributed by atoms with Gasteiger partial charge in [-0.05, 0) is 123 Å². The Kier molecular flexibility index (Phi) is 4.27. The molecule has 1 saturated heterocycles. The third-order valence-corrected chi connectivity index (χ3v) is 11.4. The predicted molar refractivity (Wildman–Crippen MR) is 140 cm³/mol. The molecule has 3 heteroatoms. The van der Waals surface area contributed by atoms with Crippen molar-refractivity contribution in [2.24, 2.45) is 11.3 Å². The van der Waals surface area contributed by atoms with Crippen LogP contribution in [0.5, 0.6) is 0 Å². The smallest absolute Gasteiger partial charge is 0.0974 e. The van der Waals surface area contributed by atoms with E-state index in [9.17, 15) is 0 Å².